The van der Waals surface area contributed by atoms with Crippen LogP contribution in [0.1, 0.15) is 83.8 Å². The largest absolute Gasteiger partial charge is 0.481 e. The summed E-state index contributed by atoms with van der Waals surface area (Å²) in [6.07, 6.45) is 13.7. The van der Waals surface area contributed by atoms with Crippen LogP contribution in [0.15, 0.2) is 104 Å². The van der Waals surface area contributed by atoms with E-state index in [1.165, 1.54) is 12.1 Å². The number of hydrogen-bond acceptors (Lipinski definition) is 14. The normalized spacial score (nSPS) is 18.1. The maximum absolute atomic E-state index is 12.4. The van der Waals surface area contributed by atoms with Gasteiger partial charge in [0, 0.05) is 69.7 Å². The molecule has 0 spiro atoms. The smallest absolute Gasteiger partial charge is 0.341 e. The number of ether oxygens (including phenoxy) is 2. The molecule has 4 aromatic carbocycles. The molecule has 0 radical (unpaired) electrons. The summed E-state index contributed by atoms with van der Waals surface area (Å²) >= 11 is -0.881. The zero-order chi connectivity index (χ0) is 55.7. The van der Waals surface area contributed by atoms with Gasteiger partial charge in [-0.05, 0) is 116 Å². The van der Waals surface area contributed by atoms with Crippen LogP contribution < -0.4 is 14.4 Å². The van der Waals surface area contributed by atoms with Crippen molar-refractivity contribution in [3.05, 3.63) is 106 Å². The predicted molar refractivity (Wildman–Crippen MR) is 288 cm³/mol. The highest BCUT2D eigenvalue weighted by molar-refractivity contribution is 8.02. The lowest BCUT2D eigenvalue weighted by Crippen LogP contribution is -2.28. The summed E-state index contributed by atoms with van der Waals surface area (Å²) in [5, 5.41) is 20.7. The number of benzene rings is 4. The number of nitrogens with zero attached hydrogens (tertiary/aromatic N) is 2. The Morgan fingerprint density at radius 1 is 0.763 bits per heavy atom. The monoisotopic (exact) mass is 1150 g/mol. The van der Waals surface area contributed by atoms with Gasteiger partial charge in [-0.25, -0.2) is 9.59 Å². The lowest BCUT2D eigenvalue weighted by atomic mass is 9.78. The van der Waals surface area contributed by atoms with Crippen molar-refractivity contribution in [2.24, 2.45) is 0 Å². The molecule has 25 heteroatoms. The molecule has 0 fully saturated rings. The molecule has 0 aromatic heterocycles. The minimum atomic E-state index is -4.74. The number of hydrogen-bond donors (Lipinski definition) is 6. The van der Waals surface area contributed by atoms with Crippen LogP contribution >= 0.6 is 11.8 Å². The SMILES string of the molecule is CSC1=C(/C=C/C2=[N+](CCCCOS(=O)O)c3ccc4cc(S(=O)(=O)O)cc(OCC(=O)O)c4c3C2(C)C)CCC/C1=C\C=C1\N(CCCCS(=O)(=O)O)c2ccc3cc(S(=O)(=O)O)cc(OCC(=O)O)c3c2C1(C)C. The Balaban J connectivity index is 1.34. The van der Waals surface area contributed by atoms with Crippen LogP contribution in [-0.2, 0) is 66.3 Å². The van der Waals surface area contributed by atoms with E-state index in [2.05, 4.69) is 10.7 Å². The second-order valence-corrected chi connectivity index (χ2v) is 25.3. The van der Waals surface area contributed by atoms with Crippen molar-refractivity contribution in [3.63, 3.8) is 0 Å². The molecule has 76 heavy (non-hydrogen) atoms. The molecule has 1 aliphatic carbocycles. The van der Waals surface area contributed by atoms with E-state index in [9.17, 15) is 67.5 Å². The second-order valence-electron chi connectivity index (χ2n) is 19.4. The van der Waals surface area contributed by atoms with Gasteiger partial charge in [0.25, 0.3) is 30.4 Å². The highest BCUT2D eigenvalue weighted by Crippen LogP contribution is 2.54. The van der Waals surface area contributed by atoms with Crippen molar-refractivity contribution < 1.29 is 85.7 Å². The highest BCUT2D eigenvalue weighted by Gasteiger charge is 2.47. The standard InChI is InChI=1S/C51H58N2O18S5/c1-50(2)41(52(21-6-8-23-71-73(58)59)37-17-13-33-25-35(75(63,64)65)27-39(45(33)47(37)50)69-29-43(54)55)19-15-31-11-10-12-32(49(31)72-5)16-20-42-51(3,4)48-38(53(42)22-7-9-24-74(60,61)62)18-14-34-26-36(76(66,67)68)28-40(46(34)48)70-30-44(56)57/h13-20,25-28H,6-12,21-24,29-30H2,1-5H3,(H5-,54,55,56,57,58,59,60,61,62,63,64,65,66,67,68)/p+1. The first-order chi connectivity index (χ1) is 35.5. The third kappa shape index (κ3) is 12.8. The Morgan fingerprint density at radius 3 is 1.91 bits per heavy atom. The highest BCUT2D eigenvalue weighted by atomic mass is 32.2. The number of anilines is 1. The van der Waals surface area contributed by atoms with E-state index in [0.29, 0.717) is 83.6 Å². The molecule has 0 saturated heterocycles. The number of carboxylic acid groups (broad SMARTS) is 2. The van der Waals surface area contributed by atoms with Gasteiger partial charge in [0.05, 0.1) is 33.1 Å². The van der Waals surface area contributed by atoms with Crippen molar-refractivity contribution in [2.75, 3.05) is 49.8 Å². The van der Waals surface area contributed by atoms with Crippen molar-refractivity contribution in [3.8, 4) is 11.5 Å². The van der Waals surface area contributed by atoms with Gasteiger partial charge in [0.1, 0.15) is 18.0 Å². The molecule has 1 atom stereocenters. The van der Waals surface area contributed by atoms with Crippen molar-refractivity contribution in [1.82, 2.24) is 0 Å². The summed E-state index contributed by atoms with van der Waals surface area (Å²) in [5.74, 6) is -3.21. The summed E-state index contributed by atoms with van der Waals surface area (Å²) in [5.41, 5.74) is 4.70. The molecule has 3 aliphatic rings. The first kappa shape index (κ1) is 58.2. The lowest BCUT2D eigenvalue weighted by molar-refractivity contribution is -0.438. The van der Waals surface area contributed by atoms with E-state index in [1.807, 2.05) is 63.1 Å². The number of carboxylic acids is 2. The number of aliphatic carboxylic acids is 2. The molecule has 410 valence electrons. The Bertz CT molecular complexity index is 3560. The lowest BCUT2D eigenvalue weighted by Gasteiger charge is -2.28. The molecular weight excluding hydrogens is 1090 g/mol. The Morgan fingerprint density at radius 2 is 1.36 bits per heavy atom. The van der Waals surface area contributed by atoms with Gasteiger partial charge in [-0.15, -0.1) is 11.8 Å². The van der Waals surface area contributed by atoms with E-state index in [-0.39, 0.29) is 24.5 Å². The number of unbranched alkanes of at least 4 members (excludes halogenated alkanes) is 2. The van der Waals surface area contributed by atoms with E-state index >= 15 is 0 Å². The molecule has 2 aliphatic heterocycles. The van der Waals surface area contributed by atoms with Crippen LogP contribution in [0, 0.1) is 0 Å². The average molecular weight is 1150 g/mol. The molecule has 0 bridgehead atoms. The third-order valence-corrected chi connectivity index (χ3v) is 17.4. The topological polar surface area (TPSA) is 309 Å². The third-order valence-electron chi connectivity index (χ3n) is 13.6. The molecule has 6 N–H and O–H groups in total. The van der Waals surface area contributed by atoms with Gasteiger partial charge in [-0.3, -0.25) is 22.4 Å². The fraction of sp³-hybridized carbons (Fsp3) is 0.392. The number of fused-ring (bicyclic) bond motifs is 6. The van der Waals surface area contributed by atoms with E-state index < -0.39 is 93.2 Å². The number of allylic oxidation sites excluding steroid dienone is 7. The number of carbonyl (C=O) groups is 2. The molecule has 0 saturated carbocycles. The van der Waals surface area contributed by atoms with Gasteiger partial charge in [0.2, 0.25) is 5.69 Å². The second kappa shape index (κ2) is 22.8. The first-order valence-corrected chi connectivity index (χ1v) is 30.6. The van der Waals surface area contributed by atoms with Gasteiger partial charge in [-0.1, -0.05) is 32.1 Å². The van der Waals surface area contributed by atoms with E-state index in [4.69, 9.17) is 13.7 Å². The fourth-order valence-corrected chi connectivity index (χ4v) is 13.2. The van der Waals surface area contributed by atoms with Crippen LogP contribution in [0.2, 0.25) is 0 Å². The molecule has 2 heterocycles. The summed E-state index contributed by atoms with van der Waals surface area (Å²) in [4.78, 5) is 25.5. The van der Waals surface area contributed by atoms with Gasteiger partial charge in [-0.2, -0.15) is 34.0 Å². The Labute approximate surface area is 447 Å². The van der Waals surface area contributed by atoms with E-state index in [1.54, 1.807) is 30.0 Å². The minimum Gasteiger partial charge on any atom is -0.481 e. The van der Waals surface area contributed by atoms with Gasteiger partial charge >= 0.3 is 23.3 Å². The molecule has 4 aromatic rings. The average Bonchev–Trinajstić information content (AvgIpc) is 3.68. The Hall–Kier alpha value is -5.48. The zero-order valence-electron chi connectivity index (χ0n) is 42.1. The van der Waals surface area contributed by atoms with Crippen LogP contribution in [0.4, 0.5) is 11.4 Å². The summed E-state index contributed by atoms with van der Waals surface area (Å²) in [7, 11) is -13.7. The molecule has 0 amide bonds. The quantitative estimate of drug-likeness (QED) is 0.0176. The molecule has 1 unspecified atom stereocenters. The van der Waals surface area contributed by atoms with Gasteiger partial charge in [0.15, 0.2) is 18.9 Å². The first-order valence-electron chi connectivity index (χ1n) is 23.9. The summed E-state index contributed by atoms with van der Waals surface area (Å²) in [6.45, 7) is 7.00. The van der Waals surface area contributed by atoms with Crippen LogP contribution in [0.3, 0.4) is 0 Å². The van der Waals surface area contributed by atoms with Crippen molar-refractivity contribution in [2.45, 2.75) is 93.3 Å². The Kier molecular flexibility index (Phi) is 17.5. The van der Waals surface area contributed by atoms with E-state index in [0.717, 1.165) is 51.7 Å². The molecular formula is C51H59N2O18S5+. The van der Waals surface area contributed by atoms with Crippen molar-refractivity contribution in [1.29, 1.82) is 0 Å². The minimum absolute atomic E-state index is 0.0166. The predicted octanol–water partition coefficient (Wildman–Crippen LogP) is 8.36. The summed E-state index contributed by atoms with van der Waals surface area (Å²) in [6, 6.07) is 11.7. The van der Waals surface area contributed by atoms with Crippen molar-refractivity contribution >= 4 is 104 Å². The maximum Gasteiger partial charge on any atom is 0.341 e. The van der Waals surface area contributed by atoms with Crippen LogP contribution in [-0.4, -0.2) is 125 Å². The van der Waals surface area contributed by atoms with Crippen LogP contribution in [0.5, 0.6) is 11.5 Å². The molecule has 20 nitrogen and oxygen atoms in total. The van der Waals surface area contributed by atoms with Crippen LogP contribution in [0.25, 0.3) is 21.5 Å². The summed E-state index contributed by atoms with van der Waals surface area (Å²) < 4.78 is 141. The fourth-order valence-electron chi connectivity index (χ4n) is 10.5. The molecule has 7 rings (SSSR count). The number of rotatable bonds is 23. The maximum atomic E-state index is 12.4. The van der Waals surface area contributed by atoms with Gasteiger partial charge < -0.3 is 24.6 Å². The zero-order valence-corrected chi connectivity index (χ0v) is 46.2. The number of thioether (sulfide) groups is 1.